The lowest BCUT2D eigenvalue weighted by atomic mass is 10.3. The van der Waals surface area contributed by atoms with Crippen LogP contribution in [0.2, 0.25) is 0 Å². The molecule has 0 unspecified atom stereocenters. The van der Waals surface area contributed by atoms with Crippen molar-refractivity contribution in [2.24, 2.45) is 0 Å². The second-order valence-corrected chi connectivity index (χ2v) is 3.40. The van der Waals surface area contributed by atoms with Crippen molar-refractivity contribution in [2.45, 2.75) is 0 Å². The number of nitrogens with zero attached hydrogens (tertiary/aromatic N) is 1. The van der Waals surface area contributed by atoms with E-state index in [4.69, 9.17) is 9.47 Å². The van der Waals surface area contributed by atoms with Gasteiger partial charge in [-0.1, -0.05) is 0 Å². The molecule has 0 bridgehead atoms. The van der Waals surface area contributed by atoms with Crippen LogP contribution < -0.4 is 24.0 Å². The lowest BCUT2D eigenvalue weighted by molar-refractivity contribution is -0.917. The Morgan fingerprint density at radius 1 is 1.33 bits per heavy atom. The number of hydrogen-bond acceptors (Lipinski definition) is 2. The first-order valence-electron chi connectivity index (χ1n) is 4.17. The third-order valence-corrected chi connectivity index (χ3v) is 2.39. The van der Waals surface area contributed by atoms with Crippen LogP contribution in [0.15, 0.2) is 0 Å². The van der Waals surface area contributed by atoms with E-state index in [1.165, 1.54) is 0 Å². The zero-order valence-corrected chi connectivity index (χ0v) is 10.0. The molecule has 0 aromatic rings. The molecule has 1 aliphatic heterocycles. The highest BCUT2D eigenvalue weighted by molar-refractivity contribution is 4.45. The molecule has 0 amide bonds. The van der Waals surface area contributed by atoms with E-state index in [9.17, 15) is 0 Å². The second-order valence-electron chi connectivity index (χ2n) is 3.40. The van der Waals surface area contributed by atoms with Crippen molar-refractivity contribution in [3.63, 3.8) is 0 Å². The van der Waals surface area contributed by atoms with E-state index >= 15 is 0 Å². The standard InChI is InChI=1S/C8H18NO2.HI/c1-9(3-6-10-2)4-7-11-8-5-9;/h3-8H2,1-2H3;1H/q+1;/p-1. The molecule has 0 radical (unpaired) electrons. The van der Waals surface area contributed by atoms with E-state index in [1.807, 2.05) is 0 Å². The molecule has 1 heterocycles. The van der Waals surface area contributed by atoms with Gasteiger partial charge in [0.15, 0.2) is 0 Å². The predicted octanol–water partition coefficient (Wildman–Crippen LogP) is -2.89. The van der Waals surface area contributed by atoms with Crippen molar-refractivity contribution < 1.29 is 37.9 Å². The van der Waals surface area contributed by atoms with Gasteiger partial charge in [-0.15, -0.1) is 0 Å². The van der Waals surface area contributed by atoms with E-state index < -0.39 is 0 Å². The third kappa shape index (κ3) is 4.02. The van der Waals surface area contributed by atoms with Crippen LogP contribution in [0.1, 0.15) is 0 Å². The van der Waals surface area contributed by atoms with Crippen molar-refractivity contribution in [1.29, 1.82) is 0 Å². The minimum atomic E-state index is 0. The van der Waals surface area contributed by atoms with Gasteiger partial charge < -0.3 is 37.9 Å². The van der Waals surface area contributed by atoms with Crippen LogP contribution in [0.4, 0.5) is 0 Å². The molecule has 1 rings (SSSR count). The molecular weight excluding hydrogens is 269 g/mol. The molecular formula is C8H18INO2. The number of rotatable bonds is 3. The van der Waals surface area contributed by atoms with E-state index in [2.05, 4.69) is 7.05 Å². The SMILES string of the molecule is COCC[N+]1(C)CCOCC1.[I-]. The Morgan fingerprint density at radius 2 is 1.92 bits per heavy atom. The molecule has 74 valence electrons. The highest BCUT2D eigenvalue weighted by atomic mass is 127. The Labute approximate surface area is 91.6 Å². The monoisotopic (exact) mass is 287 g/mol. The average Bonchev–Trinajstić information content (AvgIpc) is 2.03. The summed E-state index contributed by atoms with van der Waals surface area (Å²) >= 11 is 0. The molecule has 0 aliphatic carbocycles. The quantitative estimate of drug-likeness (QED) is 0.410. The van der Waals surface area contributed by atoms with E-state index in [0.29, 0.717) is 0 Å². The zero-order valence-electron chi connectivity index (χ0n) is 7.88. The van der Waals surface area contributed by atoms with Crippen molar-refractivity contribution in [2.75, 3.05) is 53.6 Å². The molecule has 0 saturated carbocycles. The highest BCUT2D eigenvalue weighted by Gasteiger charge is 2.24. The molecule has 0 atom stereocenters. The minimum Gasteiger partial charge on any atom is -1.00 e. The first-order chi connectivity index (χ1) is 5.27. The number of quaternary nitrogens is 1. The van der Waals surface area contributed by atoms with Gasteiger partial charge >= 0.3 is 0 Å². The maximum atomic E-state index is 5.29. The van der Waals surface area contributed by atoms with Gasteiger partial charge in [0.05, 0.1) is 26.9 Å². The number of morpholine rings is 1. The molecule has 0 spiro atoms. The molecule has 1 aliphatic rings. The summed E-state index contributed by atoms with van der Waals surface area (Å²) in [6, 6.07) is 0. The van der Waals surface area contributed by atoms with Gasteiger partial charge in [0, 0.05) is 7.11 Å². The smallest absolute Gasteiger partial charge is 0.102 e. The van der Waals surface area contributed by atoms with Crippen LogP contribution in [0.25, 0.3) is 0 Å². The minimum absolute atomic E-state index is 0. The topological polar surface area (TPSA) is 18.5 Å². The molecule has 12 heavy (non-hydrogen) atoms. The number of methoxy groups -OCH3 is 1. The van der Waals surface area contributed by atoms with Gasteiger partial charge in [-0.2, -0.15) is 0 Å². The molecule has 1 saturated heterocycles. The summed E-state index contributed by atoms with van der Waals surface area (Å²) in [5, 5.41) is 0. The summed E-state index contributed by atoms with van der Waals surface area (Å²) in [4.78, 5) is 0. The fourth-order valence-corrected chi connectivity index (χ4v) is 1.32. The van der Waals surface area contributed by atoms with Crippen molar-refractivity contribution in [3.8, 4) is 0 Å². The van der Waals surface area contributed by atoms with Crippen LogP contribution in [-0.2, 0) is 9.47 Å². The first kappa shape index (κ1) is 12.6. The van der Waals surface area contributed by atoms with Gasteiger partial charge in [0.25, 0.3) is 0 Å². The third-order valence-electron chi connectivity index (χ3n) is 2.39. The molecule has 1 fully saturated rings. The number of ether oxygens (including phenoxy) is 2. The van der Waals surface area contributed by atoms with Crippen molar-refractivity contribution in [1.82, 2.24) is 0 Å². The number of hydrogen-bond donors (Lipinski definition) is 0. The summed E-state index contributed by atoms with van der Waals surface area (Å²) in [5.41, 5.74) is 0. The summed E-state index contributed by atoms with van der Waals surface area (Å²) < 4.78 is 11.4. The Bertz CT molecular complexity index is 116. The van der Waals surface area contributed by atoms with Crippen LogP contribution in [0.3, 0.4) is 0 Å². The number of halogens is 1. The van der Waals surface area contributed by atoms with Gasteiger partial charge in [0.2, 0.25) is 0 Å². The van der Waals surface area contributed by atoms with E-state index in [0.717, 1.165) is 43.9 Å². The zero-order chi connectivity index (χ0) is 8.16. The van der Waals surface area contributed by atoms with Gasteiger partial charge in [-0.25, -0.2) is 0 Å². The first-order valence-corrected chi connectivity index (χ1v) is 4.17. The fourth-order valence-electron chi connectivity index (χ4n) is 1.32. The molecule has 4 heteroatoms. The van der Waals surface area contributed by atoms with Crippen LogP contribution in [0, 0.1) is 0 Å². The summed E-state index contributed by atoms with van der Waals surface area (Å²) in [6.07, 6.45) is 0. The Kier molecular flexibility index (Phi) is 6.43. The van der Waals surface area contributed by atoms with Crippen molar-refractivity contribution in [3.05, 3.63) is 0 Å². The van der Waals surface area contributed by atoms with Crippen LogP contribution in [0.5, 0.6) is 0 Å². The largest absolute Gasteiger partial charge is 1.00 e. The maximum Gasteiger partial charge on any atom is 0.102 e. The summed E-state index contributed by atoms with van der Waals surface area (Å²) in [5.74, 6) is 0. The number of likely N-dealkylation sites (N-methyl/N-ethyl adjacent to an activating group) is 1. The summed E-state index contributed by atoms with van der Waals surface area (Å²) in [7, 11) is 4.02. The summed E-state index contributed by atoms with van der Waals surface area (Å²) in [6.45, 7) is 6.03. The Hall–Kier alpha value is 0.610. The van der Waals surface area contributed by atoms with Gasteiger partial charge in [-0.05, 0) is 0 Å². The maximum absolute atomic E-state index is 5.29. The van der Waals surface area contributed by atoms with Gasteiger partial charge in [0.1, 0.15) is 19.6 Å². The highest BCUT2D eigenvalue weighted by Crippen LogP contribution is 2.06. The molecule has 3 nitrogen and oxygen atoms in total. The fraction of sp³-hybridized carbons (Fsp3) is 1.00. The molecule has 0 N–H and O–H groups in total. The Balaban J connectivity index is 0.00000121. The van der Waals surface area contributed by atoms with Crippen molar-refractivity contribution >= 4 is 0 Å². The van der Waals surface area contributed by atoms with Crippen LogP contribution >= 0.6 is 0 Å². The van der Waals surface area contributed by atoms with Gasteiger partial charge in [-0.3, -0.25) is 0 Å². The Morgan fingerprint density at radius 3 is 2.42 bits per heavy atom. The average molecular weight is 287 g/mol. The van der Waals surface area contributed by atoms with E-state index in [1.54, 1.807) is 7.11 Å². The lowest BCUT2D eigenvalue weighted by Crippen LogP contribution is -3.00. The predicted molar refractivity (Wildman–Crippen MR) is 43.5 cm³/mol. The van der Waals surface area contributed by atoms with Crippen LogP contribution in [-0.4, -0.2) is 58.1 Å². The van der Waals surface area contributed by atoms with E-state index in [-0.39, 0.29) is 24.0 Å². The second kappa shape index (κ2) is 6.12. The molecule has 0 aromatic carbocycles. The lowest BCUT2D eigenvalue weighted by Gasteiger charge is -2.37. The molecule has 0 aromatic heterocycles. The normalized spacial score (nSPS) is 21.5.